The normalized spacial score (nSPS) is 26.0. The average Bonchev–Trinajstić information content (AvgIpc) is 3.56. The fraction of sp³-hybridized carbons (Fsp3) is 0.667. The number of halogens is 2. The summed E-state index contributed by atoms with van der Waals surface area (Å²) in [5.41, 5.74) is -1.12. The lowest BCUT2D eigenvalue weighted by molar-refractivity contribution is -0.0578. The molecule has 1 aromatic carbocycles. The highest BCUT2D eigenvalue weighted by Crippen LogP contribution is 2.32. The summed E-state index contributed by atoms with van der Waals surface area (Å²) in [6.45, 7) is 3.01. The Morgan fingerprint density at radius 2 is 1.84 bits per heavy atom. The molecular weight excluding hydrogens is 428 g/mol. The number of hydrogen-bond donors (Lipinski definition) is 1. The standard InChI is InChI=1S/C21H29F2N3O4S/c22-17-3-1-4-18(23)19(17)20(27)24-14-21(7-2-12-30-15-21)25-8-10-26(11-9-25)31(28,29)13-16-5-6-16/h1,3-4,16H,2,5-15H2,(H,24,27). The molecule has 1 amide bonds. The van der Waals surface area contributed by atoms with Gasteiger partial charge in [0.05, 0.1) is 17.9 Å². The van der Waals surface area contributed by atoms with Gasteiger partial charge in [0.2, 0.25) is 10.0 Å². The Morgan fingerprint density at radius 1 is 1.16 bits per heavy atom. The predicted octanol–water partition coefficient (Wildman–Crippen LogP) is 1.60. The van der Waals surface area contributed by atoms with Crippen molar-refractivity contribution < 1.29 is 26.7 Å². The molecule has 31 heavy (non-hydrogen) atoms. The molecule has 1 N–H and O–H groups in total. The summed E-state index contributed by atoms with van der Waals surface area (Å²) >= 11 is 0. The molecule has 3 aliphatic rings. The van der Waals surface area contributed by atoms with Gasteiger partial charge < -0.3 is 10.1 Å². The fourth-order valence-corrected chi connectivity index (χ4v) is 6.37. The van der Waals surface area contributed by atoms with Gasteiger partial charge in [0.1, 0.15) is 17.2 Å². The first-order chi connectivity index (χ1) is 14.8. The summed E-state index contributed by atoms with van der Waals surface area (Å²) in [5, 5.41) is 2.69. The third kappa shape index (κ3) is 5.08. The molecule has 0 bridgehead atoms. The number of nitrogens with one attached hydrogen (secondary N) is 1. The van der Waals surface area contributed by atoms with E-state index in [1.165, 1.54) is 6.07 Å². The Labute approximate surface area is 181 Å². The second-order valence-corrected chi connectivity index (χ2v) is 10.8. The van der Waals surface area contributed by atoms with Crippen molar-refractivity contribution in [3.8, 4) is 0 Å². The number of ether oxygens (including phenoxy) is 1. The molecule has 3 fully saturated rings. The lowest BCUT2D eigenvalue weighted by Crippen LogP contribution is -2.64. The van der Waals surface area contributed by atoms with Gasteiger partial charge in [-0.25, -0.2) is 17.2 Å². The summed E-state index contributed by atoms with van der Waals surface area (Å²) in [6.07, 6.45) is 3.52. The van der Waals surface area contributed by atoms with Crippen molar-refractivity contribution in [3.05, 3.63) is 35.4 Å². The van der Waals surface area contributed by atoms with Gasteiger partial charge in [-0.05, 0) is 43.7 Å². The molecule has 1 aliphatic carbocycles. The maximum absolute atomic E-state index is 14.0. The van der Waals surface area contributed by atoms with Crippen LogP contribution in [0.25, 0.3) is 0 Å². The number of carbonyl (C=O) groups excluding carboxylic acids is 1. The molecule has 7 nitrogen and oxygen atoms in total. The zero-order valence-electron chi connectivity index (χ0n) is 17.5. The van der Waals surface area contributed by atoms with Crippen LogP contribution in [-0.4, -0.2) is 80.8 Å². The van der Waals surface area contributed by atoms with E-state index in [4.69, 9.17) is 4.74 Å². The largest absolute Gasteiger partial charge is 0.379 e. The summed E-state index contributed by atoms with van der Waals surface area (Å²) < 4.78 is 60.4. The SMILES string of the molecule is O=C(NCC1(N2CCN(S(=O)(=O)CC3CC3)CC2)CCCOC1)c1c(F)cccc1F. The molecule has 2 heterocycles. The first kappa shape index (κ1) is 22.6. The van der Waals surface area contributed by atoms with Gasteiger partial charge in [0.25, 0.3) is 5.91 Å². The van der Waals surface area contributed by atoms with Crippen LogP contribution in [0.2, 0.25) is 0 Å². The molecule has 1 unspecified atom stereocenters. The fourth-order valence-electron chi connectivity index (χ4n) is 4.51. The monoisotopic (exact) mass is 457 g/mol. The Morgan fingerprint density at radius 3 is 2.42 bits per heavy atom. The average molecular weight is 458 g/mol. The Hall–Kier alpha value is -1.62. The molecule has 0 radical (unpaired) electrons. The lowest BCUT2D eigenvalue weighted by atomic mass is 9.89. The zero-order chi connectivity index (χ0) is 22.1. The lowest BCUT2D eigenvalue weighted by Gasteiger charge is -2.49. The molecule has 1 aromatic rings. The molecule has 1 atom stereocenters. The number of sulfonamides is 1. The third-order valence-corrected chi connectivity index (χ3v) is 8.56. The number of benzene rings is 1. The highest BCUT2D eigenvalue weighted by atomic mass is 32.2. The van der Waals surface area contributed by atoms with E-state index < -0.39 is 38.7 Å². The predicted molar refractivity (Wildman–Crippen MR) is 111 cm³/mol. The van der Waals surface area contributed by atoms with Gasteiger partial charge >= 0.3 is 0 Å². The number of carbonyl (C=O) groups is 1. The van der Waals surface area contributed by atoms with Crippen LogP contribution in [0.4, 0.5) is 8.78 Å². The van der Waals surface area contributed by atoms with Crippen LogP contribution < -0.4 is 5.32 Å². The summed E-state index contributed by atoms with van der Waals surface area (Å²) in [6, 6.07) is 3.33. The van der Waals surface area contributed by atoms with E-state index in [2.05, 4.69) is 10.2 Å². The van der Waals surface area contributed by atoms with Crippen molar-refractivity contribution in [3.63, 3.8) is 0 Å². The van der Waals surface area contributed by atoms with Gasteiger partial charge in [-0.15, -0.1) is 0 Å². The topological polar surface area (TPSA) is 79.0 Å². The van der Waals surface area contributed by atoms with Gasteiger partial charge in [0, 0.05) is 39.3 Å². The molecule has 2 saturated heterocycles. The molecular formula is C21H29F2N3O4S. The van der Waals surface area contributed by atoms with E-state index in [0.29, 0.717) is 45.3 Å². The second-order valence-electron chi connectivity index (χ2n) is 8.77. The highest BCUT2D eigenvalue weighted by Gasteiger charge is 2.42. The molecule has 172 valence electrons. The molecule has 0 spiro atoms. The van der Waals surface area contributed by atoms with Crippen molar-refractivity contribution in [1.82, 2.24) is 14.5 Å². The van der Waals surface area contributed by atoms with E-state index in [9.17, 15) is 22.0 Å². The van der Waals surface area contributed by atoms with E-state index in [-0.39, 0.29) is 12.3 Å². The molecule has 10 heteroatoms. The minimum atomic E-state index is -3.24. The van der Waals surface area contributed by atoms with Crippen LogP contribution >= 0.6 is 0 Å². The second kappa shape index (κ2) is 9.09. The number of nitrogens with zero attached hydrogens (tertiary/aromatic N) is 2. The Balaban J connectivity index is 1.42. The van der Waals surface area contributed by atoms with Crippen molar-refractivity contribution in [2.75, 3.05) is 51.7 Å². The van der Waals surface area contributed by atoms with Crippen LogP contribution in [0.1, 0.15) is 36.0 Å². The molecule has 0 aromatic heterocycles. The van der Waals surface area contributed by atoms with Gasteiger partial charge in [-0.1, -0.05) is 6.07 Å². The quantitative estimate of drug-likeness (QED) is 0.673. The Bertz CT molecular complexity index is 889. The van der Waals surface area contributed by atoms with Gasteiger partial charge in [0.15, 0.2) is 0 Å². The van der Waals surface area contributed by atoms with E-state index >= 15 is 0 Å². The van der Waals surface area contributed by atoms with Gasteiger partial charge in [-0.3, -0.25) is 9.69 Å². The van der Waals surface area contributed by atoms with E-state index in [1.54, 1.807) is 4.31 Å². The first-order valence-corrected chi connectivity index (χ1v) is 12.4. The number of amides is 1. The summed E-state index contributed by atoms with van der Waals surface area (Å²) in [5.74, 6) is -2.07. The summed E-state index contributed by atoms with van der Waals surface area (Å²) in [7, 11) is -3.24. The first-order valence-electron chi connectivity index (χ1n) is 10.8. The van der Waals surface area contributed by atoms with E-state index in [1.807, 2.05) is 0 Å². The van der Waals surface area contributed by atoms with Crippen LogP contribution in [0.3, 0.4) is 0 Å². The highest BCUT2D eigenvalue weighted by molar-refractivity contribution is 7.89. The van der Waals surface area contributed by atoms with Crippen LogP contribution in [-0.2, 0) is 14.8 Å². The number of piperazine rings is 1. The molecule has 1 saturated carbocycles. The molecule has 2 aliphatic heterocycles. The van der Waals surface area contributed by atoms with Crippen LogP contribution in [0.5, 0.6) is 0 Å². The van der Waals surface area contributed by atoms with E-state index in [0.717, 1.165) is 37.8 Å². The maximum Gasteiger partial charge on any atom is 0.257 e. The minimum Gasteiger partial charge on any atom is -0.379 e. The van der Waals surface area contributed by atoms with Crippen LogP contribution in [0, 0.1) is 17.6 Å². The molecule has 4 rings (SSSR count). The summed E-state index contributed by atoms with van der Waals surface area (Å²) in [4.78, 5) is 14.7. The number of hydrogen-bond acceptors (Lipinski definition) is 5. The van der Waals surface area contributed by atoms with Gasteiger partial charge in [-0.2, -0.15) is 4.31 Å². The maximum atomic E-state index is 14.0. The van der Waals surface area contributed by atoms with Crippen molar-refractivity contribution in [2.24, 2.45) is 5.92 Å². The van der Waals surface area contributed by atoms with Crippen LogP contribution in [0.15, 0.2) is 18.2 Å². The minimum absolute atomic E-state index is 0.175. The Kier molecular flexibility index (Phi) is 6.62. The van der Waals surface area contributed by atoms with Crippen molar-refractivity contribution in [1.29, 1.82) is 0 Å². The van der Waals surface area contributed by atoms with Crippen molar-refractivity contribution >= 4 is 15.9 Å². The number of rotatable bonds is 7. The zero-order valence-corrected chi connectivity index (χ0v) is 18.3. The van der Waals surface area contributed by atoms with Crippen molar-refractivity contribution in [2.45, 2.75) is 31.2 Å². The third-order valence-electron chi connectivity index (χ3n) is 6.52. The smallest absolute Gasteiger partial charge is 0.257 e.